The van der Waals surface area contributed by atoms with Crippen molar-refractivity contribution < 1.29 is 14.3 Å². The van der Waals surface area contributed by atoms with Crippen LogP contribution in [0.3, 0.4) is 0 Å². The molecule has 0 radical (unpaired) electrons. The summed E-state index contributed by atoms with van der Waals surface area (Å²) in [6.07, 6.45) is 3.80. The highest BCUT2D eigenvalue weighted by Gasteiger charge is 2.34. The normalized spacial score (nSPS) is 27.2. The first kappa shape index (κ1) is 12.6. The summed E-state index contributed by atoms with van der Waals surface area (Å²) >= 11 is 0. The quantitative estimate of drug-likeness (QED) is 0.891. The second-order valence-corrected chi connectivity index (χ2v) is 5.57. The first-order valence-electron chi connectivity index (χ1n) is 6.90. The minimum atomic E-state index is -0.710. The van der Waals surface area contributed by atoms with Gasteiger partial charge in [0.1, 0.15) is 5.82 Å². The number of nitrogens with zero attached hydrogens (tertiary/aromatic N) is 1. The Morgan fingerprint density at radius 3 is 2.95 bits per heavy atom. The molecule has 4 heteroatoms. The highest BCUT2D eigenvalue weighted by atomic mass is 19.1. The molecule has 2 atom stereocenters. The largest absolute Gasteiger partial charge is 0.481 e. The predicted octanol–water partition coefficient (Wildman–Crippen LogP) is 2.61. The minimum absolute atomic E-state index is 0.195. The molecule has 0 aromatic heterocycles. The van der Waals surface area contributed by atoms with E-state index in [-0.39, 0.29) is 17.8 Å². The summed E-state index contributed by atoms with van der Waals surface area (Å²) < 4.78 is 13.4. The fraction of sp³-hybridized carbons (Fsp3) is 0.533. The monoisotopic (exact) mass is 263 g/mol. The molecule has 1 aliphatic heterocycles. The average Bonchev–Trinajstić information content (AvgIpc) is 2.87. The Balaban J connectivity index is 1.84. The van der Waals surface area contributed by atoms with Gasteiger partial charge in [0.25, 0.3) is 0 Å². The Labute approximate surface area is 112 Å². The second-order valence-electron chi connectivity index (χ2n) is 5.57. The number of aliphatic carboxylic acids is 1. The zero-order valence-corrected chi connectivity index (χ0v) is 10.8. The number of likely N-dealkylation sites (tertiary alicyclic amines) is 1. The van der Waals surface area contributed by atoms with Gasteiger partial charge >= 0.3 is 5.97 Å². The van der Waals surface area contributed by atoms with Crippen LogP contribution in [0.5, 0.6) is 0 Å². The first-order valence-corrected chi connectivity index (χ1v) is 6.90. The van der Waals surface area contributed by atoms with Gasteiger partial charge in [0.15, 0.2) is 0 Å². The van der Waals surface area contributed by atoms with Gasteiger partial charge in [-0.15, -0.1) is 0 Å². The molecule has 3 rings (SSSR count). The molecule has 1 N–H and O–H groups in total. The lowest BCUT2D eigenvalue weighted by Gasteiger charge is -2.33. The summed E-state index contributed by atoms with van der Waals surface area (Å²) in [5.41, 5.74) is 2.29. The van der Waals surface area contributed by atoms with Crippen LogP contribution < -0.4 is 0 Å². The van der Waals surface area contributed by atoms with E-state index in [4.69, 9.17) is 5.11 Å². The van der Waals surface area contributed by atoms with Crippen LogP contribution in [0.2, 0.25) is 0 Å². The molecule has 1 aromatic rings. The molecule has 0 saturated carbocycles. The van der Waals surface area contributed by atoms with Crippen LogP contribution in [0.15, 0.2) is 18.2 Å². The lowest BCUT2D eigenvalue weighted by Crippen LogP contribution is -2.30. The summed E-state index contributed by atoms with van der Waals surface area (Å²) in [6.45, 7) is 1.40. The molecule has 0 bridgehead atoms. The summed E-state index contributed by atoms with van der Waals surface area (Å²) in [4.78, 5) is 13.3. The Bertz CT molecular complexity index is 503. The van der Waals surface area contributed by atoms with Crippen molar-refractivity contribution in [2.24, 2.45) is 5.92 Å². The van der Waals surface area contributed by atoms with Crippen LogP contribution in [0.4, 0.5) is 4.39 Å². The van der Waals surface area contributed by atoms with Gasteiger partial charge in [-0.2, -0.15) is 0 Å². The van der Waals surface area contributed by atoms with Crippen molar-refractivity contribution in [1.29, 1.82) is 0 Å². The van der Waals surface area contributed by atoms with E-state index < -0.39 is 5.97 Å². The summed E-state index contributed by atoms with van der Waals surface area (Å²) in [5.74, 6) is -1.17. The van der Waals surface area contributed by atoms with E-state index in [1.165, 1.54) is 11.6 Å². The van der Waals surface area contributed by atoms with Gasteiger partial charge < -0.3 is 5.11 Å². The number of carbonyl (C=O) groups is 1. The zero-order valence-electron chi connectivity index (χ0n) is 10.8. The third-order valence-corrected chi connectivity index (χ3v) is 4.40. The van der Waals surface area contributed by atoms with Crippen molar-refractivity contribution >= 4 is 5.97 Å². The topological polar surface area (TPSA) is 40.5 Å². The van der Waals surface area contributed by atoms with Crippen molar-refractivity contribution in [2.45, 2.75) is 31.7 Å². The zero-order chi connectivity index (χ0) is 13.4. The van der Waals surface area contributed by atoms with Crippen LogP contribution in [0.25, 0.3) is 0 Å². The molecule has 1 saturated heterocycles. The van der Waals surface area contributed by atoms with E-state index in [2.05, 4.69) is 4.90 Å². The van der Waals surface area contributed by atoms with Crippen LogP contribution >= 0.6 is 0 Å². The number of carboxylic acids is 1. The Kier molecular flexibility index (Phi) is 3.27. The molecule has 0 spiro atoms. The molecule has 1 aromatic carbocycles. The van der Waals surface area contributed by atoms with Gasteiger partial charge in [-0.3, -0.25) is 9.69 Å². The van der Waals surface area contributed by atoms with Crippen LogP contribution in [0.1, 0.15) is 36.4 Å². The smallest absolute Gasteiger partial charge is 0.307 e. The van der Waals surface area contributed by atoms with E-state index in [1.807, 2.05) is 6.07 Å². The molecule has 1 aliphatic carbocycles. The Morgan fingerprint density at radius 2 is 2.21 bits per heavy atom. The number of carboxylic acid groups (broad SMARTS) is 1. The predicted molar refractivity (Wildman–Crippen MR) is 69.4 cm³/mol. The van der Waals surface area contributed by atoms with Gasteiger partial charge in [0.2, 0.25) is 0 Å². The van der Waals surface area contributed by atoms with E-state index in [9.17, 15) is 9.18 Å². The molecule has 19 heavy (non-hydrogen) atoms. The molecule has 2 aliphatic rings. The third-order valence-electron chi connectivity index (χ3n) is 4.40. The van der Waals surface area contributed by atoms with Crippen LogP contribution in [-0.2, 0) is 11.2 Å². The maximum Gasteiger partial charge on any atom is 0.307 e. The van der Waals surface area contributed by atoms with E-state index in [0.29, 0.717) is 13.0 Å². The van der Waals surface area contributed by atoms with Gasteiger partial charge in [0, 0.05) is 12.6 Å². The number of aryl methyl sites for hydroxylation is 1. The van der Waals surface area contributed by atoms with E-state index >= 15 is 0 Å². The van der Waals surface area contributed by atoms with Crippen molar-refractivity contribution in [3.63, 3.8) is 0 Å². The standard InChI is InChI=1S/C15H18FNO2/c16-12-5-4-10-2-1-3-14(13(10)8-12)17-7-6-11(9-17)15(18)19/h4-5,8,11,14H,1-3,6-7,9H2,(H,18,19). The van der Waals surface area contributed by atoms with Gasteiger partial charge in [-0.1, -0.05) is 6.07 Å². The highest BCUT2D eigenvalue weighted by Crippen LogP contribution is 2.37. The lowest BCUT2D eigenvalue weighted by atomic mass is 9.87. The molecule has 1 fully saturated rings. The number of hydrogen-bond acceptors (Lipinski definition) is 2. The highest BCUT2D eigenvalue weighted by molar-refractivity contribution is 5.70. The van der Waals surface area contributed by atoms with Gasteiger partial charge in [0.05, 0.1) is 5.92 Å². The van der Waals surface area contributed by atoms with Crippen molar-refractivity contribution in [3.8, 4) is 0 Å². The number of halogens is 1. The number of benzene rings is 1. The molecular weight excluding hydrogens is 245 g/mol. The maximum absolute atomic E-state index is 13.4. The fourth-order valence-corrected chi connectivity index (χ4v) is 3.40. The second kappa shape index (κ2) is 4.93. The van der Waals surface area contributed by atoms with E-state index in [1.54, 1.807) is 6.07 Å². The van der Waals surface area contributed by atoms with Crippen molar-refractivity contribution in [2.75, 3.05) is 13.1 Å². The Hall–Kier alpha value is -1.42. The van der Waals surface area contributed by atoms with E-state index in [0.717, 1.165) is 31.4 Å². The first-order chi connectivity index (χ1) is 9.15. The summed E-state index contributed by atoms with van der Waals surface area (Å²) in [5, 5.41) is 9.08. The molecule has 3 nitrogen and oxygen atoms in total. The van der Waals surface area contributed by atoms with Gasteiger partial charge in [-0.25, -0.2) is 4.39 Å². The fourth-order valence-electron chi connectivity index (χ4n) is 3.40. The molecule has 1 heterocycles. The molecule has 2 unspecified atom stereocenters. The van der Waals surface area contributed by atoms with Crippen LogP contribution in [-0.4, -0.2) is 29.1 Å². The van der Waals surface area contributed by atoms with Crippen molar-refractivity contribution in [3.05, 3.63) is 35.1 Å². The number of fused-ring (bicyclic) bond motifs is 1. The average molecular weight is 263 g/mol. The third kappa shape index (κ3) is 2.37. The maximum atomic E-state index is 13.4. The SMILES string of the molecule is O=C(O)C1CCN(C2CCCc3ccc(F)cc32)C1. The lowest BCUT2D eigenvalue weighted by molar-refractivity contribution is -0.141. The molecular formula is C15H18FNO2. The van der Waals surface area contributed by atoms with Crippen molar-refractivity contribution in [1.82, 2.24) is 4.90 Å². The van der Waals surface area contributed by atoms with Crippen LogP contribution in [0, 0.1) is 11.7 Å². The molecule has 0 amide bonds. The number of hydrogen-bond donors (Lipinski definition) is 1. The summed E-state index contributed by atoms with van der Waals surface area (Å²) in [7, 11) is 0. The van der Waals surface area contributed by atoms with Gasteiger partial charge in [-0.05, 0) is 55.5 Å². The molecule has 102 valence electrons. The minimum Gasteiger partial charge on any atom is -0.481 e. The Morgan fingerprint density at radius 1 is 1.37 bits per heavy atom. The number of rotatable bonds is 2. The summed E-state index contributed by atoms with van der Waals surface area (Å²) in [6, 6.07) is 5.23.